The van der Waals surface area contributed by atoms with Gasteiger partial charge in [-0.1, -0.05) is 23.7 Å². The zero-order chi connectivity index (χ0) is 10.8. The van der Waals surface area contributed by atoms with E-state index in [9.17, 15) is 5.11 Å². The van der Waals surface area contributed by atoms with Gasteiger partial charge in [-0.2, -0.15) is 0 Å². The van der Waals surface area contributed by atoms with Crippen LogP contribution in [0.5, 0.6) is 5.75 Å². The third-order valence-corrected chi connectivity index (χ3v) is 2.73. The van der Waals surface area contributed by atoms with E-state index in [0.29, 0.717) is 11.6 Å². The predicted octanol–water partition coefficient (Wildman–Crippen LogP) is 2.35. The van der Waals surface area contributed by atoms with Crippen molar-refractivity contribution in [1.82, 2.24) is 4.57 Å². The van der Waals surface area contributed by atoms with Crippen LogP contribution < -0.4 is 5.73 Å². The van der Waals surface area contributed by atoms with Crippen LogP contribution in [-0.4, -0.2) is 16.2 Å². The summed E-state index contributed by atoms with van der Waals surface area (Å²) in [6.07, 6.45) is 2.70. The van der Waals surface area contributed by atoms with Gasteiger partial charge in [0.15, 0.2) is 0 Å². The molecular weight excluding hydrogens is 212 g/mol. The summed E-state index contributed by atoms with van der Waals surface area (Å²) in [7, 11) is 0. The van der Waals surface area contributed by atoms with Crippen LogP contribution >= 0.6 is 11.6 Å². The summed E-state index contributed by atoms with van der Waals surface area (Å²) < 4.78 is 1.94. The number of aryl methyl sites for hydroxylation is 1. The molecule has 3 nitrogen and oxygen atoms in total. The van der Waals surface area contributed by atoms with Gasteiger partial charge in [-0.3, -0.25) is 0 Å². The first-order valence-electron chi connectivity index (χ1n) is 4.90. The third-order valence-electron chi connectivity index (χ3n) is 2.43. The number of para-hydroxylation sites is 1. The van der Waals surface area contributed by atoms with Crippen molar-refractivity contribution in [2.75, 3.05) is 6.54 Å². The summed E-state index contributed by atoms with van der Waals surface area (Å²) in [5.41, 5.74) is 6.24. The SMILES string of the molecule is NCCCn1cc(Cl)c2cccc(O)c21. The first-order chi connectivity index (χ1) is 7.24. The number of phenolic OH excluding ortho intramolecular Hbond substituents is 1. The molecule has 15 heavy (non-hydrogen) atoms. The maximum Gasteiger partial charge on any atom is 0.139 e. The normalized spacial score (nSPS) is 11.1. The highest BCUT2D eigenvalue weighted by Gasteiger charge is 2.09. The molecule has 0 atom stereocenters. The van der Waals surface area contributed by atoms with E-state index in [1.54, 1.807) is 12.1 Å². The second-order valence-corrected chi connectivity index (χ2v) is 3.89. The highest BCUT2D eigenvalue weighted by molar-refractivity contribution is 6.35. The fourth-order valence-electron chi connectivity index (χ4n) is 1.73. The topological polar surface area (TPSA) is 51.2 Å². The lowest BCUT2D eigenvalue weighted by Gasteiger charge is -2.04. The van der Waals surface area contributed by atoms with E-state index in [1.165, 1.54) is 0 Å². The van der Waals surface area contributed by atoms with Gasteiger partial charge in [0.25, 0.3) is 0 Å². The number of hydrogen-bond donors (Lipinski definition) is 2. The lowest BCUT2D eigenvalue weighted by molar-refractivity contribution is 0.477. The molecule has 80 valence electrons. The number of aromatic hydroxyl groups is 1. The third kappa shape index (κ3) is 1.80. The summed E-state index contributed by atoms with van der Waals surface area (Å²) in [6, 6.07) is 5.35. The van der Waals surface area contributed by atoms with Crippen LogP contribution in [0.4, 0.5) is 0 Å². The Morgan fingerprint density at radius 3 is 2.93 bits per heavy atom. The predicted molar refractivity (Wildman–Crippen MR) is 62.3 cm³/mol. The van der Waals surface area contributed by atoms with Crippen LogP contribution in [-0.2, 0) is 6.54 Å². The molecule has 1 heterocycles. The molecule has 1 aromatic carbocycles. The van der Waals surface area contributed by atoms with Crippen LogP contribution in [0.15, 0.2) is 24.4 Å². The summed E-state index contributed by atoms with van der Waals surface area (Å²) in [6.45, 7) is 1.40. The van der Waals surface area contributed by atoms with Gasteiger partial charge in [0.05, 0.1) is 10.5 Å². The molecule has 0 spiro atoms. The van der Waals surface area contributed by atoms with Crippen LogP contribution in [0.25, 0.3) is 10.9 Å². The van der Waals surface area contributed by atoms with E-state index < -0.39 is 0 Å². The van der Waals surface area contributed by atoms with Gasteiger partial charge in [0.1, 0.15) is 5.75 Å². The van der Waals surface area contributed by atoms with Crippen LogP contribution in [0.3, 0.4) is 0 Å². The van der Waals surface area contributed by atoms with Gasteiger partial charge in [-0.15, -0.1) is 0 Å². The summed E-state index contributed by atoms with van der Waals surface area (Å²) in [4.78, 5) is 0. The van der Waals surface area contributed by atoms with Crippen molar-refractivity contribution in [1.29, 1.82) is 0 Å². The van der Waals surface area contributed by atoms with Crippen LogP contribution in [0, 0.1) is 0 Å². The highest BCUT2D eigenvalue weighted by Crippen LogP contribution is 2.31. The number of halogens is 1. The summed E-state index contributed by atoms with van der Waals surface area (Å²) in [5, 5.41) is 11.3. The van der Waals surface area contributed by atoms with E-state index in [1.807, 2.05) is 16.8 Å². The molecule has 3 N–H and O–H groups in total. The minimum absolute atomic E-state index is 0.261. The van der Waals surface area contributed by atoms with Gasteiger partial charge < -0.3 is 15.4 Å². The molecule has 0 amide bonds. The first-order valence-corrected chi connectivity index (χ1v) is 5.28. The summed E-state index contributed by atoms with van der Waals surface area (Å²) in [5.74, 6) is 0.261. The molecular formula is C11H13ClN2O. The zero-order valence-corrected chi connectivity index (χ0v) is 9.04. The molecule has 0 aliphatic rings. The number of nitrogens with zero attached hydrogens (tertiary/aromatic N) is 1. The number of benzene rings is 1. The van der Waals surface area contributed by atoms with E-state index in [0.717, 1.165) is 23.9 Å². The lowest BCUT2D eigenvalue weighted by atomic mass is 10.2. The molecule has 2 aromatic rings. The van der Waals surface area contributed by atoms with Crippen molar-refractivity contribution in [2.45, 2.75) is 13.0 Å². The minimum atomic E-state index is 0.261. The Labute approximate surface area is 93.1 Å². The number of rotatable bonds is 3. The minimum Gasteiger partial charge on any atom is -0.506 e. The van der Waals surface area contributed by atoms with Crippen molar-refractivity contribution >= 4 is 22.5 Å². The highest BCUT2D eigenvalue weighted by atomic mass is 35.5. The van der Waals surface area contributed by atoms with Crippen molar-refractivity contribution in [2.24, 2.45) is 5.73 Å². The molecule has 0 saturated carbocycles. The summed E-state index contributed by atoms with van der Waals surface area (Å²) >= 11 is 6.07. The maximum atomic E-state index is 9.75. The second kappa shape index (κ2) is 4.13. The fraction of sp³-hybridized carbons (Fsp3) is 0.273. The number of phenols is 1. The lowest BCUT2D eigenvalue weighted by Crippen LogP contribution is -2.04. The molecule has 0 bridgehead atoms. The van der Waals surface area contributed by atoms with Crippen LogP contribution in [0.2, 0.25) is 5.02 Å². The smallest absolute Gasteiger partial charge is 0.139 e. The standard InChI is InChI=1S/C11H13ClN2O/c12-9-7-14(6-2-5-13)11-8(9)3-1-4-10(11)15/h1,3-4,7,15H,2,5-6,13H2. The first kappa shape index (κ1) is 10.3. The monoisotopic (exact) mass is 224 g/mol. The van der Waals surface area contributed by atoms with Crippen molar-refractivity contribution in [3.8, 4) is 5.75 Å². The number of nitrogens with two attached hydrogens (primary N) is 1. The Balaban J connectivity index is 2.54. The molecule has 0 saturated heterocycles. The second-order valence-electron chi connectivity index (χ2n) is 3.49. The Hall–Kier alpha value is -1.19. The Kier molecular flexibility index (Phi) is 2.84. The number of aromatic nitrogens is 1. The maximum absolute atomic E-state index is 9.75. The van der Waals surface area contributed by atoms with Crippen LogP contribution in [0.1, 0.15) is 6.42 Å². The Bertz CT molecular complexity index is 479. The average Bonchev–Trinajstić information content (AvgIpc) is 2.55. The van der Waals surface area contributed by atoms with Gasteiger partial charge in [-0.05, 0) is 19.0 Å². The Morgan fingerprint density at radius 2 is 2.20 bits per heavy atom. The average molecular weight is 225 g/mol. The fourth-order valence-corrected chi connectivity index (χ4v) is 2.01. The van der Waals surface area contributed by atoms with Gasteiger partial charge in [0.2, 0.25) is 0 Å². The Morgan fingerprint density at radius 1 is 1.40 bits per heavy atom. The van der Waals surface area contributed by atoms with E-state index in [2.05, 4.69) is 0 Å². The molecule has 0 aliphatic heterocycles. The molecule has 0 fully saturated rings. The van der Waals surface area contributed by atoms with Crippen molar-refractivity contribution < 1.29 is 5.11 Å². The quantitative estimate of drug-likeness (QED) is 0.841. The van der Waals surface area contributed by atoms with E-state index in [4.69, 9.17) is 17.3 Å². The zero-order valence-electron chi connectivity index (χ0n) is 8.28. The van der Waals surface area contributed by atoms with Crippen molar-refractivity contribution in [3.05, 3.63) is 29.4 Å². The number of hydrogen-bond acceptors (Lipinski definition) is 2. The van der Waals surface area contributed by atoms with Gasteiger partial charge in [0, 0.05) is 18.1 Å². The van der Waals surface area contributed by atoms with Gasteiger partial charge >= 0.3 is 0 Å². The molecule has 0 radical (unpaired) electrons. The molecule has 2 rings (SSSR count). The molecule has 1 aromatic heterocycles. The molecule has 4 heteroatoms. The van der Waals surface area contributed by atoms with Crippen molar-refractivity contribution in [3.63, 3.8) is 0 Å². The molecule has 0 aliphatic carbocycles. The molecule has 0 unspecified atom stereocenters. The van der Waals surface area contributed by atoms with Gasteiger partial charge in [-0.25, -0.2) is 0 Å². The van der Waals surface area contributed by atoms with E-state index in [-0.39, 0.29) is 5.75 Å². The number of fused-ring (bicyclic) bond motifs is 1. The largest absolute Gasteiger partial charge is 0.506 e. The van der Waals surface area contributed by atoms with E-state index >= 15 is 0 Å².